The second-order valence-corrected chi connectivity index (χ2v) is 7.02. The fourth-order valence-corrected chi connectivity index (χ4v) is 2.70. The summed E-state index contributed by atoms with van der Waals surface area (Å²) in [4.78, 5) is 0. The van der Waals surface area contributed by atoms with Gasteiger partial charge in [0.2, 0.25) is 0 Å². The van der Waals surface area contributed by atoms with Gasteiger partial charge in [-0.3, -0.25) is 0 Å². The van der Waals surface area contributed by atoms with Crippen LogP contribution in [0.3, 0.4) is 0 Å². The summed E-state index contributed by atoms with van der Waals surface area (Å²) in [5.41, 5.74) is 1.43. The van der Waals surface area contributed by atoms with Crippen LogP contribution in [0.5, 0.6) is 0 Å². The van der Waals surface area contributed by atoms with Gasteiger partial charge >= 0.3 is 0 Å². The van der Waals surface area contributed by atoms with Crippen molar-refractivity contribution in [2.75, 3.05) is 0 Å². The van der Waals surface area contributed by atoms with E-state index in [-0.39, 0.29) is 17.5 Å². The van der Waals surface area contributed by atoms with Gasteiger partial charge in [-0.25, -0.2) is 0 Å². The fraction of sp³-hybridized carbons (Fsp3) is 0.412. The van der Waals surface area contributed by atoms with Gasteiger partial charge in [0.1, 0.15) is 5.76 Å². The van der Waals surface area contributed by atoms with Crippen molar-refractivity contribution in [2.24, 2.45) is 5.41 Å². The third-order valence-electron chi connectivity index (χ3n) is 3.44. The van der Waals surface area contributed by atoms with Gasteiger partial charge < -0.3 is 9.73 Å². The normalized spacial score (nSPS) is 15.1. The Hall–Kier alpha value is -1.06. The molecule has 1 N–H and O–H groups in total. The van der Waals surface area contributed by atoms with E-state index in [1.165, 1.54) is 5.56 Å². The van der Waals surface area contributed by atoms with Gasteiger partial charge in [0, 0.05) is 6.04 Å². The van der Waals surface area contributed by atoms with Crippen LogP contribution in [0.15, 0.2) is 51.6 Å². The molecule has 0 saturated heterocycles. The molecule has 2 rings (SSSR count). The fourth-order valence-electron chi connectivity index (χ4n) is 2.38. The molecule has 0 aliphatic carbocycles. The second-order valence-electron chi connectivity index (χ2n) is 6.24. The number of halogens is 1. The van der Waals surface area contributed by atoms with E-state index in [1.54, 1.807) is 0 Å². The van der Waals surface area contributed by atoms with Crippen molar-refractivity contribution in [3.8, 4) is 0 Å². The maximum Gasteiger partial charge on any atom is 0.169 e. The maximum absolute atomic E-state index is 5.65. The Morgan fingerprint density at radius 1 is 1.05 bits per heavy atom. The van der Waals surface area contributed by atoms with Crippen molar-refractivity contribution in [2.45, 2.75) is 39.8 Å². The highest BCUT2D eigenvalue weighted by molar-refractivity contribution is 9.10. The standard InChI is InChI=1S/C17H22BrNO/c1-12(14-10-11-15(18)20-14)19-16(17(2,3)4)13-8-6-5-7-9-13/h5-12,16,19H,1-4H3. The molecule has 1 aromatic heterocycles. The minimum Gasteiger partial charge on any atom is -0.453 e. The Bertz CT molecular complexity index is 542. The highest BCUT2D eigenvalue weighted by Crippen LogP contribution is 2.35. The molecule has 1 aromatic carbocycles. The predicted molar refractivity (Wildman–Crippen MR) is 86.6 cm³/mol. The Kier molecular flexibility index (Phi) is 4.71. The van der Waals surface area contributed by atoms with E-state index in [0.717, 1.165) is 10.4 Å². The SMILES string of the molecule is CC(NC(c1ccccc1)C(C)(C)C)c1ccc(Br)o1. The molecule has 0 fully saturated rings. The summed E-state index contributed by atoms with van der Waals surface area (Å²) < 4.78 is 6.42. The van der Waals surface area contributed by atoms with Gasteiger partial charge in [0.05, 0.1) is 6.04 Å². The van der Waals surface area contributed by atoms with E-state index in [0.29, 0.717) is 0 Å². The summed E-state index contributed by atoms with van der Waals surface area (Å²) in [5.74, 6) is 0.946. The summed E-state index contributed by atoms with van der Waals surface area (Å²) in [6.45, 7) is 8.89. The number of furan rings is 1. The summed E-state index contributed by atoms with van der Waals surface area (Å²) in [5, 5.41) is 3.69. The van der Waals surface area contributed by atoms with Gasteiger partial charge in [-0.05, 0) is 46.0 Å². The molecule has 0 aliphatic rings. The highest BCUT2D eigenvalue weighted by Gasteiger charge is 2.28. The van der Waals surface area contributed by atoms with Crippen LogP contribution in [-0.2, 0) is 0 Å². The van der Waals surface area contributed by atoms with Crippen molar-refractivity contribution >= 4 is 15.9 Å². The van der Waals surface area contributed by atoms with E-state index in [4.69, 9.17) is 4.42 Å². The lowest BCUT2D eigenvalue weighted by Gasteiger charge is -2.34. The van der Waals surface area contributed by atoms with Crippen LogP contribution in [0.25, 0.3) is 0 Å². The number of nitrogens with one attached hydrogen (secondary N) is 1. The van der Waals surface area contributed by atoms with E-state index in [1.807, 2.05) is 12.1 Å². The van der Waals surface area contributed by atoms with Gasteiger partial charge in [-0.15, -0.1) is 0 Å². The van der Waals surface area contributed by atoms with Crippen LogP contribution >= 0.6 is 15.9 Å². The lowest BCUT2D eigenvalue weighted by Crippen LogP contribution is -2.34. The second kappa shape index (κ2) is 6.15. The van der Waals surface area contributed by atoms with Crippen LogP contribution in [0.4, 0.5) is 0 Å². The quantitative estimate of drug-likeness (QED) is 0.800. The lowest BCUT2D eigenvalue weighted by molar-refractivity contribution is 0.243. The van der Waals surface area contributed by atoms with Crippen LogP contribution in [-0.4, -0.2) is 0 Å². The zero-order valence-electron chi connectivity index (χ0n) is 12.5. The molecular formula is C17H22BrNO. The molecular weight excluding hydrogens is 314 g/mol. The molecule has 2 nitrogen and oxygen atoms in total. The molecule has 0 amide bonds. The molecule has 0 spiro atoms. The van der Waals surface area contributed by atoms with E-state index in [9.17, 15) is 0 Å². The van der Waals surface area contributed by atoms with Crippen LogP contribution in [0.1, 0.15) is 51.1 Å². The van der Waals surface area contributed by atoms with Crippen molar-refractivity contribution in [3.63, 3.8) is 0 Å². The lowest BCUT2D eigenvalue weighted by atomic mass is 9.82. The zero-order chi connectivity index (χ0) is 14.8. The summed E-state index contributed by atoms with van der Waals surface area (Å²) in [6, 6.07) is 14.9. The topological polar surface area (TPSA) is 25.2 Å². The number of hydrogen-bond acceptors (Lipinski definition) is 2. The van der Waals surface area contributed by atoms with Crippen LogP contribution in [0.2, 0.25) is 0 Å². The van der Waals surface area contributed by atoms with Gasteiger partial charge in [-0.2, -0.15) is 0 Å². The Morgan fingerprint density at radius 2 is 1.70 bits per heavy atom. The minimum absolute atomic E-state index is 0.124. The van der Waals surface area contributed by atoms with E-state index in [2.05, 4.69) is 79.3 Å². The highest BCUT2D eigenvalue weighted by atomic mass is 79.9. The number of hydrogen-bond donors (Lipinski definition) is 1. The zero-order valence-corrected chi connectivity index (χ0v) is 14.1. The molecule has 3 heteroatoms. The van der Waals surface area contributed by atoms with Gasteiger partial charge in [0.25, 0.3) is 0 Å². The van der Waals surface area contributed by atoms with E-state index < -0.39 is 0 Å². The average Bonchev–Trinajstić information content (AvgIpc) is 2.82. The van der Waals surface area contributed by atoms with Crippen molar-refractivity contribution in [3.05, 3.63) is 58.5 Å². The first-order valence-electron chi connectivity index (χ1n) is 6.94. The monoisotopic (exact) mass is 335 g/mol. The molecule has 0 saturated carbocycles. The molecule has 0 bridgehead atoms. The number of benzene rings is 1. The molecule has 2 atom stereocenters. The Balaban J connectivity index is 2.21. The largest absolute Gasteiger partial charge is 0.453 e. The van der Waals surface area contributed by atoms with Gasteiger partial charge in [0.15, 0.2) is 4.67 Å². The molecule has 108 valence electrons. The van der Waals surface area contributed by atoms with E-state index >= 15 is 0 Å². The summed E-state index contributed by atoms with van der Waals surface area (Å²) in [7, 11) is 0. The first-order valence-corrected chi connectivity index (χ1v) is 7.73. The molecule has 1 heterocycles. The molecule has 0 aliphatic heterocycles. The molecule has 0 radical (unpaired) electrons. The Labute approximate surface area is 129 Å². The average molecular weight is 336 g/mol. The van der Waals surface area contributed by atoms with Crippen molar-refractivity contribution in [1.82, 2.24) is 5.32 Å². The van der Waals surface area contributed by atoms with Crippen LogP contribution in [0, 0.1) is 5.41 Å². The maximum atomic E-state index is 5.65. The number of rotatable bonds is 4. The first kappa shape index (κ1) is 15.3. The van der Waals surface area contributed by atoms with Crippen LogP contribution < -0.4 is 5.32 Å². The summed E-state index contributed by atoms with van der Waals surface area (Å²) in [6.07, 6.45) is 0. The molecule has 2 unspecified atom stereocenters. The smallest absolute Gasteiger partial charge is 0.169 e. The predicted octanol–water partition coefficient (Wildman–Crippen LogP) is 5.48. The summed E-state index contributed by atoms with van der Waals surface area (Å²) >= 11 is 3.36. The first-order chi connectivity index (χ1) is 9.38. The third-order valence-corrected chi connectivity index (χ3v) is 3.86. The third kappa shape index (κ3) is 3.74. The van der Waals surface area contributed by atoms with Crippen molar-refractivity contribution < 1.29 is 4.42 Å². The minimum atomic E-state index is 0.124. The molecule has 2 aromatic rings. The van der Waals surface area contributed by atoms with Gasteiger partial charge in [-0.1, -0.05) is 51.1 Å². The van der Waals surface area contributed by atoms with Crippen molar-refractivity contribution in [1.29, 1.82) is 0 Å². The molecule has 20 heavy (non-hydrogen) atoms. The Morgan fingerprint density at radius 3 is 2.20 bits per heavy atom.